The topological polar surface area (TPSA) is 145 Å². The SMILES string of the molecule is COC(=O)CC[C@H](N)C(=O)N[C@@H](Cc1ccccc1C(=O)OC)C(=O)O. The van der Waals surface area contributed by atoms with E-state index in [4.69, 9.17) is 5.73 Å². The molecule has 1 aromatic carbocycles. The second kappa shape index (κ2) is 10.1. The number of aliphatic carboxylic acids is 1. The molecule has 9 heteroatoms. The van der Waals surface area contributed by atoms with E-state index in [1.807, 2.05) is 0 Å². The van der Waals surface area contributed by atoms with Crippen molar-refractivity contribution in [1.29, 1.82) is 0 Å². The third kappa shape index (κ3) is 6.17. The van der Waals surface area contributed by atoms with E-state index in [1.54, 1.807) is 18.2 Å². The molecule has 0 aliphatic heterocycles. The average Bonchev–Trinajstić information content (AvgIpc) is 2.64. The number of hydrogen-bond donors (Lipinski definition) is 3. The van der Waals surface area contributed by atoms with Crippen LogP contribution in [0, 0.1) is 0 Å². The molecule has 1 rings (SSSR count). The molecule has 1 aromatic rings. The van der Waals surface area contributed by atoms with Crippen LogP contribution in [0.2, 0.25) is 0 Å². The van der Waals surface area contributed by atoms with Gasteiger partial charge in [-0.2, -0.15) is 0 Å². The lowest BCUT2D eigenvalue weighted by Gasteiger charge is -2.18. The van der Waals surface area contributed by atoms with Crippen LogP contribution in [-0.2, 0) is 30.3 Å². The number of rotatable bonds is 9. The first-order valence-corrected chi connectivity index (χ1v) is 7.82. The highest BCUT2D eigenvalue weighted by molar-refractivity contribution is 5.92. The van der Waals surface area contributed by atoms with Crippen molar-refractivity contribution in [3.63, 3.8) is 0 Å². The molecular formula is C17H22N2O7. The fraction of sp³-hybridized carbons (Fsp3) is 0.412. The van der Waals surface area contributed by atoms with Gasteiger partial charge in [0.05, 0.1) is 25.8 Å². The Bertz CT molecular complexity index is 675. The van der Waals surface area contributed by atoms with Crippen molar-refractivity contribution in [3.8, 4) is 0 Å². The summed E-state index contributed by atoms with van der Waals surface area (Å²) in [4.78, 5) is 46.4. The lowest BCUT2D eigenvalue weighted by Crippen LogP contribution is -2.49. The van der Waals surface area contributed by atoms with E-state index >= 15 is 0 Å². The first kappa shape index (κ1) is 21.1. The first-order chi connectivity index (χ1) is 12.3. The summed E-state index contributed by atoms with van der Waals surface area (Å²) in [6.45, 7) is 0. The zero-order valence-corrected chi connectivity index (χ0v) is 14.6. The van der Waals surface area contributed by atoms with Crippen LogP contribution in [0.25, 0.3) is 0 Å². The van der Waals surface area contributed by atoms with Crippen LogP contribution in [0.5, 0.6) is 0 Å². The predicted octanol–water partition coefficient (Wildman–Crippen LogP) is -0.134. The minimum absolute atomic E-state index is 0.0175. The van der Waals surface area contributed by atoms with E-state index in [1.165, 1.54) is 20.3 Å². The van der Waals surface area contributed by atoms with Crippen LogP contribution in [-0.4, -0.2) is 55.2 Å². The van der Waals surface area contributed by atoms with Gasteiger partial charge in [-0.15, -0.1) is 0 Å². The second-order valence-electron chi connectivity index (χ2n) is 5.47. The van der Waals surface area contributed by atoms with Crippen molar-refractivity contribution in [1.82, 2.24) is 5.32 Å². The fourth-order valence-electron chi connectivity index (χ4n) is 2.21. The fourth-order valence-corrected chi connectivity index (χ4v) is 2.21. The van der Waals surface area contributed by atoms with Crippen molar-refractivity contribution >= 4 is 23.8 Å². The van der Waals surface area contributed by atoms with Crippen molar-refractivity contribution in [3.05, 3.63) is 35.4 Å². The van der Waals surface area contributed by atoms with Gasteiger partial charge in [-0.05, 0) is 18.1 Å². The Morgan fingerprint density at radius 2 is 1.81 bits per heavy atom. The number of ether oxygens (including phenoxy) is 2. The van der Waals surface area contributed by atoms with Gasteiger partial charge >= 0.3 is 17.9 Å². The minimum atomic E-state index is -1.29. The van der Waals surface area contributed by atoms with E-state index in [9.17, 15) is 24.3 Å². The third-order valence-electron chi connectivity index (χ3n) is 3.69. The monoisotopic (exact) mass is 366 g/mol. The number of esters is 2. The highest BCUT2D eigenvalue weighted by Crippen LogP contribution is 2.13. The maximum Gasteiger partial charge on any atom is 0.338 e. The van der Waals surface area contributed by atoms with Gasteiger partial charge in [0, 0.05) is 12.8 Å². The molecule has 0 aliphatic rings. The highest BCUT2D eigenvalue weighted by atomic mass is 16.5. The molecule has 0 saturated heterocycles. The normalized spacial score (nSPS) is 12.6. The standard InChI is InChI=1S/C17H22N2O7/c1-25-14(20)8-7-12(18)15(21)19-13(16(22)23)9-10-5-3-4-6-11(10)17(24)26-2/h3-6,12-13H,7-9,18H2,1-2H3,(H,19,21)(H,22,23)/t12-,13-/m0/s1. The summed E-state index contributed by atoms with van der Waals surface area (Å²) in [5.74, 6) is -3.11. The molecule has 0 heterocycles. The number of carboxylic acid groups (broad SMARTS) is 1. The number of benzene rings is 1. The number of methoxy groups -OCH3 is 2. The average molecular weight is 366 g/mol. The molecule has 0 bridgehead atoms. The molecule has 0 spiro atoms. The molecule has 26 heavy (non-hydrogen) atoms. The van der Waals surface area contributed by atoms with E-state index in [0.29, 0.717) is 5.56 Å². The molecule has 0 fully saturated rings. The smallest absolute Gasteiger partial charge is 0.338 e. The van der Waals surface area contributed by atoms with Gasteiger partial charge in [0.2, 0.25) is 5.91 Å². The molecule has 0 aliphatic carbocycles. The summed E-state index contributed by atoms with van der Waals surface area (Å²) in [7, 11) is 2.43. The Morgan fingerprint density at radius 1 is 1.15 bits per heavy atom. The number of carbonyl (C=O) groups is 4. The lowest BCUT2D eigenvalue weighted by molar-refractivity contribution is -0.143. The van der Waals surface area contributed by atoms with Crippen LogP contribution in [0.15, 0.2) is 24.3 Å². The molecule has 2 atom stereocenters. The maximum absolute atomic E-state index is 12.1. The van der Waals surface area contributed by atoms with E-state index in [-0.39, 0.29) is 24.8 Å². The van der Waals surface area contributed by atoms with E-state index in [0.717, 1.165) is 0 Å². The molecule has 0 radical (unpaired) electrons. The molecular weight excluding hydrogens is 344 g/mol. The zero-order valence-electron chi connectivity index (χ0n) is 14.6. The summed E-state index contributed by atoms with van der Waals surface area (Å²) in [5.41, 5.74) is 6.30. The largest absolute Gasteiger partial charge is 0.480 e. The quantitative estimate of drug-likeness (QED) is 0.512. The van der Waals surface area contributed by atoms with Crippen molar-refractivity contribution in [2.45, 2.75) is 31.3 Å². The van der Waals surface area contributed by atoms with Gasteiger partial charge in [-0.3, -0.25) is 9.59 Å². The highest BCUT2D eigenvalue weighted by Gasteiger charge is 2.25. The number of nitrogens with two attached hydrogens (primary N) is 1. The summed E-state index contributed by atoms with van der Waals surface area (Å²) in [6.07, 6.45) is -0.173. The third-order valence-corrected chi connectivity index (χ3v) is 3.69. The van der Waals surface area contributed by atoms with Gasteiger partial charge in [0.1, 0.15) is 6.04 Å². The summed E-state index contributed by atoms with van der Waals surface area (Å²) >= 11 is 0. The first-order valence-electron chi connectivity index (χ1n) is 7.82. The van der Waals surface area contributed by atoms with Gasteiger partial charge in [0.15, 0.2) is 0 Å². The Morgan fingerprint density at radius 3 is 2.38 bits per heavy atom. The number of carboxylic acids is 1. The van der Waals surface area contributed by atoms with Crippen LogP contribution in [0.1, 0.15) is 28.8 Å². The van der Waals surface area contributed by atoms with Gasteiger partial charge in [-0.25, -0.2) is 9.59 Å². The number of amides is 1. The van der Waals surface area contributed by atoms with Crippen LogP contribution >= 0.6 is 0 Å². The predicted molar refractivity (Wildman–Crippen MR) is 90.3 cm³/mol. The van der Waals surface area contributed by atoms with Gasteiger partial charge in [-0.1, -0.05) is 18.2 Å². The summed E-state index contributed by atoms with van der Waals surface area (Å²) in [5, 5.41) is 11.7. The number of hydrogen-bond acceptors (Lipinski definition) is 7. The molecule has 142 valence electrons. The second-order valence-corrected chi connectivity index (χ2v) is 5.47. The Hall–Kier alpha value is -2.94. The lowest BCUT2D eigenvalue weighted by atomic mass is 9.99. The Kier molecular flexibility index (Phi) is 8.23. The maximum atomic E-state index is 12.1. The summed E-state index contributed by atoms with van der Waals surface area (Å²) in [6, 6.07) is 3.98. The Balaban J connectivity index is 2.82. The zero-order chi connectivity index (χ0) is 19.7. The van der Waals surface area contributed by atoms with Crippen LogP contribution in [0.4, 0.5) is 0 Å². The number of carbonyl (C=O) groups excluding carboxylic acids is 3. The van der Waals surface area contributed by atoms with Crippen molar-refractivity contribution < 1.29 is 33.8 Å². The van der Waals surface area contributed by atoms with Crippen molar-refractivity contribution in [2.24, 2.45) is 5.73 Å². The molecule has 4 N–H and O–H groups in total. The Labute approximate surface area is 150 Å². The van der Waals surface area contributed by atoms with E-state index < -0.39 is 35.9 Å². The number of nitrogens with one attached hydrogen (secondary N) is 1. The molecule has 9 nitrogen and oxygen atoms in total. The van der Waals surface area contributed by atoms with Crippen LogP contribution < -0.4 is 11.1 Å². The minimum Gasteiger partial charge on any atom is -0.480 e. The molecule has 1 amide bonds. The van der Waals surface area contributed by atoms with Crippen molar-refractivity contribution in [2.75, 3.05) is 14.2 Å². The molecule has 0 aromatic heterocycles. The van der Waals surface area contributed by atoms with Crippen LogP contribution in [0.3, 0.4) is 0 Å². The molecule has 0 saturated carbocycles. The van der Waals surface area contributed by atoms with E-state index in [2.05, 4.69) is 14.8 Å². The van der Waals surface area contributed by atoms with Gasteiger partial charge in [0.25, 0.3) is 0 Å². The van der Waals surface area contributed by atoms with Gasteiger partial charge < -0.3 is 25.6 Å². The summed E-state index contributed by atoms with van der Waals surface area (Å²) < 4.78 is 9.13. The molecule has 0 unspecified atom stereocenters.